The summed E-state index contributed by atoms with van der Waals surface area (Å²) in [5, 5.41) is 5.64. The highest BCUT2D eigenvalue weighted by molar-refractivity contribution is 6.33. The van der Waals surface area contributed by atoms with Gasteiger partial charge in [-0.25, -0.2) is 4.79 Å². The maximum Gasteiger partial charge on any atom is 0.327 e. The van der Waals surface area contributed by atoms with Crippen molar-refractivity contribution < 1.29 is 23.9 Å². The zero-order valence-electron chi connectivity index (χ0n) is 16.8. The molecule has 0 aliphatic carbocycles. The van der Waals surface area contributed by atoms with Gasteiger partial charge < -0.3 is 15.4 Å². The van der Waals surface area contributed by atoms with E-state index in [4.69, 9.17) is 16.3 Å². The molecule has 1 saturated heterocycles. The molecular formula is C20H26ClN3O5. The van der Waals surface area contributed by atoms with Gasteiger partial charge in [0.05, 0.1) is 10.7 Å². The van der Waals surface area contributed by atoms with Gasteiger partial charge >= 0.3 is 12.0 Å². The molecule has 0 aromatic heterocycles. The number of hydrogen-bond acceptors (Lipinski definition) is 5. The number of carbonyl (C=O) groups is 4. The van der Waals surface area contributed by atoms with Crippen LogP contribution in [0.1, 0.15) is 46.5 Å². The Bertz CT molecular complexity index is 792. The molecule has 29 heavy (non-hydrogen) atoms. The second-order valence-corrected chi connectivity index (χ2v) is 7.41. The number of imide groups is 1. The maximum atomic E-state index is 12.8. The van der Waals surface area contributed by atoms with Crippen molar-refractivity contribution in [2.75, 3.05) is 11.9 Å². The number of nitrogens with one attached hydrogen (secondary N) is 2. The Labute approximate surface area is 174 Å². The molecule has 1 fully saturated rings. The third-order valence-corrected chi connectivity index (χ3v) is 5.03. The predicted octanol–water partition coefficient (Wildman–Crippen LogP) is 3.10. The van der Waals surface area contributed by atoms with E-state index in [2.05, 4.69) is 10.6 Å². The Hall–Kier alpha value is -2.61. The van der Waals surface area contributed by atoms with Crippen LogP contribution < -0.4 is 10.6 Å². The number of amides is 4. The summed E-state index contributed by atoms with van der Waals surface area (Å²) in [4.78, 5) is 50.4. The largest absolute Gasteiger partial charge is 0.451 e. The zero-order chi connectivity index (χ0) is 21.6. The van der Waals surface area contributed by atoms with Crippen LogP contribution in [0.3, 0.4) is 0 Å². The van der Waals surface area contributed by atoms with Gasteiger partial charge in [0, 0.05) is 0 Å². The van der Waals surface area contributed by atoms with Crippen molar-refractivity contribution in [2.24, 2.45) is 0 Å². The average Bonchev–Trinajstić information content (AvgIpc) is 2.88. The van der Waals surface area contributed by atoms with Crippen molar-refractivity contribution in [3.63, 3.8) is 0 Å². The highest BCUT2D eigenvalue weighted by Gasteiger charge is 2.50. The molecule has 4 amide bonds. The van der Waals surface area contributed by atoms with Crippen LogP contribution in [-0.2, 0) is 19.1 Å². The van der Waals surface area contributed by atoms with Gasteiger partial charge in [0.15, 0.2) is 6.10 Å². The molecule has 1 aliphatic heterocycles. The monoisotopic (exact) mass is 423 g/mol. The summed E-state index contributed by atoms with van der Waals surface area (Å²) >= 11 is 5.99. The summed E-state index contributed by atoms with van der Waals surface area (Å²) in [5.41, 5.74) is -0.589. The van der Waals surface area contributed by atoms with E-state index in [1.807, 2.05) is 13.8 Å². The lowest BCUT2D eigenvalue weighted by molar-refractivity contribution is -0.155. The van der Waals surface area contributed by atoms with E-state index >= 15 is 0 Å². The second kappa shape index (κ2) is 9.73. The van der Waals surface area contributed by atoms with Crippen LogP contribution in [0.4, 0.5) is 10.5 Å². The number of urea groups is 1. The number of halogens is 1. The summed E-state index contributed by atoms with van der Waals surface area (Å²) in [6.07, 6.45) is 1.28. The average molecular weight is 424 g/mol. The first-order valence-electron chi connectivity index (χ1n) is 9.63. The summed E-state index contributed by atoms with van der Waals surface area (Å²) in [6.45, 7) is 4.69. The van der Waals surface area contributed by atoms with Crippen LogP contribution in [0.2, 0.25) is 5.02 Å². The lowest BCUT2D eigenvalue weighted by Gasteiger charge is -2.25. The highest BCUT2D eigenvalue weighted by Crippen LogP contribution is 2.28. The molecule has 2 N–H and O–H groups in total. The Morgan fingerprint density at radius 3 is 2.41 bits per heavy atom. The Kier molecular flexibility index (Phi) is 7.61. The van der Waals surface area contributed by atoms with E-state index in [0.717, 1.165) is 4.90 Å². The highest BCUT2D eigenvalue weighted by atomic mass is 35.5. The molecule has 1 aromatic carbocycles. The first kappa shape index (κ1) is 22.7. The second-order valence-electron chi connectivity index (χ2n) is 7.00. The van der Waals surface area contributed by atoms with Crippen molar-refractivity contribution in [1.29, 1.82) is 0 Å². The predicted molar refractivity (Wildman–Crippen MR) is 108 cm³/mol. The van der Waals surface area contributed by atoms with Gasteiger partial charge in [-0.05, 0) is 31.9 Å². The standard InChI is InChI=1S/C20H26ClN3O5/c1-4-10-20(11-5-2)18(27)24(19(28)23-20)12-16(25)29-13(3)17(26)22-15-9-7-6-8-14(15)21/h6-9,13H,4-5,10-12H2,1-3H3,(H,22,26)(H,23,28)/t13-/m1/s1. The molecule has 1 heterocycles. The third kappa shape index (κ3) is 5.26. The molecule has 1 aliphatic rings. The molecule has 0 radical (unpaired) electrons. The van der Waals surface area contributed by atoms with Gasteiger partial charge in [-0.3, -0.25) is 19.3 Å². The normalized spacial score (nSPS) is 16.3. The molecule has 1 atom stereocenters. The Morgan fingerprint density at radius 1 is 1.21 bits per heavy atom. The number of carbonyl (C=O) groups excluding carboxylic acids is 4. The minimum atomic E-state index is -1.13. The lowest BCUT2D eigenvalue weighted by Crippen LogP contribution is -2.47. The van der Waals surface area contributed by atoms with Crippen LogP contribution in [0.5, 0.6) is 0 Å². The molecule has 1 aromatic rings. The summed E-state index contributed by atoms with van der Waals surface area (Å²) in [5.74, 6) is -1.86. The minimum Gasteiger partial charge on any atom is -0.451 e. The Balaban J connectivity index is 1.97. The van der Waals surface area contributed by atoms with E-state index in [9.17, 15) is 19.2 Å². The molecule has 8 nitrogen and oxygen atoms in total. The third-order valence-electron chi connectivity index (χ3n) is 4.70. The van der Waals surface area contributed by atoms with E-state index in [1.54, 1.807) is 24.3 Å². The number of rotatable bonds is 9. The number of benzene rings is 1. The lowest BCUT2D eigenvalue weighted by atomic mass is 9.88. The molecule has 0 spiro atoms. The van der Waals surface area contributed by atoms with E-state index in [1.165, 1.54) is 6.92 Å². The van der Waals surface area contributed by atoms with Crippen LogP contribution in [0, 0.1) is 0 Å². The summed E-state index contributed by atoms with van der Waals surface area (Å²) in [7, 11) is 0. The van der Waals surface area contributed by atoms with Crippen LogP contribution in [0.25, 0.3) is 0 Å². The topological polar surface area (TPSA) is 105 Å². The summed E-state index contributed by atoms with van der Waals surface area (Å²) in [6, 6.07) is 6.03. The van der Waals surface area contributed by atoms with Gasteiger partial charge in [-0.2, -0.15) is 0 Å². The first-order valence-corrected chi connectivity index (χ1v) is 10.0. The SMILES string of the molecule is CCCC1(CCC)NC(=O)N(CC(=O)O[C@H](C)C(=O)Nc2ccccc2Cl)C1=O. The van der Waals surface area contributed by atoms with Crippen molar-refractivity contribution in [1.82, 2.24) is 10.2 Å². The van der Waals surface area contributed by atoms with Gasteiger partial charge in [-0.1, -0.05) is 50.4 Å². The fraction of sp³-hybridized carbons (Fsp3) is 0.500. The van der Waals surface area contributed by atoms with Gasteiger partial charge in [0.2, 0.25) is 0 Å². The van der Waals surface area contributed by atoms with E-state index < -0.39 is 42.0 Å². The molecule has 0 saturated carbocycles. The smallest absolute Gasteiger partial charge is 0.327 e. The first-order chi connectivity index (χ1) is 13.7. The molecular weight excluding hydrogens is 398 g/mol. The number of ether oxygens (including phenoxy) is 1. The molecule has 158 valence electrons. The van der Waals surface area contributed by atoms with Crippen molar-refractivity contribution in [3.05, 3.63) is 29.3 Å². The zero-order valence-corrected chi connectivity index (χ0v) is 17.5. The number of hydrogen-bond donors (Lipinski definition) is 2. The molecule has 9 heteroatoms. The van der Waals surface area contributed by atoms with Crippen LogP contribution >= 0.6 is 11.6 Å². The van der Waals surface area contributed by atoms with Crippen molar-refractivity contribution >= 4 is 41.1 Å². The fourth-order valence-electron chi connectivity index (χ4n) is 3.35. The van der Waals surface area contributed by atoms with E-state index in [-0.39, 0.29) is 0 Å². The molecule has 2 rings (SSSR count). The Morgan fingerprint density at radius 2 is 1.83 bits per heavy atom. The fourth-order valence-corrected chi connectivity index (χ4v) is 3.53. The molecule has 0 bridgehead atoms. The summed E-state index contributed by atoms with van der Waals surface area (Å²) < 4.78 is 5.10. The van der Waals surface area contributed by atoms with E-state index in [0.29, 0.717) is 36.4 Å². The van der Waals surface area contributed by atoms with Gasteiger partial charge in [0.1, 0.15) is 12.1 Å². The minimum absolute atomic E-state index is 0.349. The van der Waals surface area contributed by atoms with Gasteiger partial charge in [0.25, 0.3) is 11.8 Å². The number of esters is 1. The van der Waals surface area contributed by atoms with Crippen LogP contribution in [-0.4, -0.2) is 46.9 Å². The maximum absolute atomic E-state index is 12.8. The number of anilines is 1. The quantitative estimate of drug-likeness (QED) is 0.469. The van der Waals surface area contributed by atoms with Crippen molar-refractivity contribution in [3.8, 4) is 0 Å². The van der Waals surface area contributed by atoms with Crippen LogP contribution in [0.15, 0.2) is 24.3 Å². The molecule has 0 unspecified atom stereocenters. The van der Waals surface area contributed by atoms with Crippen molar-refractivity contribution in [2.45, 2.75) is 58.1 Å². The number of nitrogens with zero attached hydrogens (tertiary/aromatic N) is 1. The number of para-hydroxylation sites is 1. The van der Waals surface area contributed by atoms with Gasteiger partial charge in [-0.15, -0.1) is 0 Å².